The number of rotatable bonds is 4. The molecule has 1 aliphatic heterocycles. The molecule has 6 heteroatoms. The summed E-state index contributed by atoms with van der Waals surface area (Å²) in [5.41, 5.74) is 0.242. The van der Waals surface area contributed by atoms with Crippen molar-refractivity contribution in [1.82, 2.24) is 4.90 Å². The van der Waals surface area contributed by atoms with Crippen LogP contribution in [0.3, 0.4) is 0 Å². The van der Waals surface area contributed by atoms with E-state index in [4.69, 9.17) is 9.47 Å². The summed E-state index contributed by atoms with van der Waals surface area (Å²) in [5, 5.41) is 0.817. The summed E-state index contributed by atoms with van der Waals surface area (Å²) in [5.74, 6) is 0.587. The van der Waals surface area contributed by atoms with Crippen LogP contribution in [-0.2, 0) is 17.5 Å². The van der Waals surface area contributed by atoms with Crippen molar-refractivity contribution in [3.63, 3.8) is 0 Å². The molecule has 0 amide bonds. The van der Waals surface area contributed by atoms with Crippen LogP contribution in [0.2, 0.25) is 0 Å². The maximum Gasteiger partial charge on any atom is 0.420 e. The highest BCUT2D eigenvalue weighted by atomic mass is 19.4. The molecule has 0 N–H and O–H groups in total. The minimum Gasteiger partial charge on any atom is -0.490 e. The fourth-order valence-corrected chi connectivity index (χ4v) is 4.38. The van der Waals surface area contributed by atoms with Crippen molar-refractivity contribution in [3.8, 4) is 5.75 Å². The fraction of sp³-hybridized carbons (Fsp3) is 0.600. The third-order valence-corrected chi connectivity index (χ3v) is 6.10. The summed E-state index contributed by atoms with van der Waals surface area (Å²) < 4.78 is 53.5. The minimum atomic E-state index is -4.46. The van der Waals surface area contributed by atoms with Gasteiger partial charge in [-0.15, -0.1) is 0 Å². The van der Waals surface area contributed by atoms with Gasteiger partial charge in [0.15, 0.2) is 0 Å². The molecule has 2 aromatic rings. The molecule has 0 spiro atoms. The van der Waals surface area contributed by atoms with Crippen LogP contribution in [0.25, 0.3) is 10.8 Å². The quantitative estimate of drug-likeness (QED) is 0.533. The van der Waals surface area contributed by atoms with E-state index in [1.165, 1.54) is 6.07 Å². The Morgan fingerprint density at radius 3 is 2.29 bits per heavy atom. The van der Waals surface area contributed by atoms with Gasteiger partial charge in [0.1, 0.15) is 11.3 Å². The Hall–Kier alpha value is -1.79. The first-order chi connectivity index (χ1) is 14.9. The van der Waals surface area contributed by atoms with E-state index >= 15 is 0 Å². The Morgan fingerprint density at radius 1 is 1.00 bits per heavy atom. The van der Waals surface area contributed by atoms with Gasteiger partial charge in [-0.1, -0.05) is 39.0 Å². The van der Waals surface area contributed by atoms with Crippen molar-refractivity contribution < 1.29 is 22.6 Å². The second kappa shape index (κ2) is 10.7. The van der Waals surface area contributed by atoms with Crippen LogP contribution in [-0.4, -0.2) is 37.3 Å². The third-order valence-electron chi connectivity index (χ3n) is 6.10. The van der Waals surface area contributed by atoms with Crippen molar-refractivity contribution in [2.45, 2.75) is 65.3 Å². The van der Waals surface area contributed by atoms with E-state index in [0.29, 0.717) is 31.1 Å². The van der Waals surface area contributed by atoms with Gasteiger partial charge in [-0.2, -0.15) is 13.2 Å². The van der Waals surface area contributed by atoms with E-state index in [0.717, 1.165) is 44.3 Å². The lowest BCUT2D eigenvalue weighted by atomic mass is 9.89. The lowest BCUT2D eigenvalue weighted by Gasteiger charge is -2.28. The predicted molar refractivity (Wildman–Crippen MR) is 118 cm³/mol. The van der Waals surface area contributed by atoms with Gasteiger partial charge < -0.3 is 9.47 Å². The van der Waals surface area contributed by atoms with Crippen LogP contribution in [0.15, 0.2) is 30.3 Å². The van der Waals surface area contributed by atoms with E-state index < -0.39 is 11.7 Å². The Morgan fingerprint density at radius 2 is 1.65 bits per heavy atom. The topological polar surface area (TPSA) is 21.7 Å². The summed E-state index contributed by atoms with van der Waals surface area (Å²) >= 11 is 0. The lowest BCUT2D eigenvalue weighted by Crippen LogP contribution is -2.35. The zero-order valence-electron chi connectivity index (χ0n) is 18.8. The summed E-state index contributed by atoms with van der Waals surface area (Å²) in [6, 6.07) is 8.62. The summed E-state index contributed by atoms with van der Waals surface area (Å²) in [4.78, 5) is 2.21. The summed E-state index contributed by atoms with van der Waals surface area (Å²) in [6.07, 6.45) is -0.969. The molecule has 2 fully saturated rings. The second-order valence-corrected chi connectivity index (χ2v) is 8.38. The molecular weight excluding hydrogens is 403 g/mol. The SMILES string of the molecule is CC.CC1CCC(Oc2ccc3ccc(CN4CCOCC4)cc3c2C(F)(F)F)CC1. The molecular formula is C25H34F3NO2. The van der Waals surface area contributed by atoms with Crippen molar-refractivity contribution in [2.75, 3.05) is 26.3 Å². The number of hydrogen-bond acceptors (Lipinski definition) is 3. The molecule has 172 valence electrons. The lowest BCUT2D eigenvalue weighted by molar-refractivity contribution is -0.138. The second-order valence-electron chi connectivity index (χ2n) is 8.38. The monoisotopic (exact) mass is 437 g/mol. The van der Waals surface area contributed by atoms with Gasteiger partial charge in [-0.05, 0) is 60.1 Å². The molecule has 31 heavy (non-hydrogen) atoms. The number of fused-ring (bicyclic) bond motifs is 1. The summed E-state index contributed by atoms with van der Waals surface area (Å²) in [6.45, 7) is 9.74. The largest absolute Gasteiger partial charge is 0.490 e. The molecule has 0 radical (unpaired) electrons. The van der Waals surface area contributed by atoms with Crippen LogP contribution in [0, 0.1) is 5.92 Å². The number of ether oxygens (including phenoxy) is 2. The van der Waals surface area contributed by atoms with Crippen LogP contribution in [0.4, 0.5) is 13.2 Å². The standard InChI is InChI=1S/C23H28F3NO2.C2H6/c1-16-2-7-19(8-3-16)29-21-9-6-18-5-4-17(15-27-10-12-28-13-11-27)14-20(18)22(21)23(24,25)26;1-2/h4-6,9,14,16,19H,2-3,7-8,10-13,15H2,1H3;1-2H3. The first-order valence-corrected chi connectivity index (χ1v) is 11.5. The molecule has 1 aliphatic carbocycles. The number of benzene rings is 2. The average Bonchev–Trinajstić information content (AvgIpc) is 2.76. The van der Waals surface area contributed by atoms with E-state index in [1.807, 2.05) is 19.9 Å². The molecule has 2 aliphatic rings. The van der Waals surface area contributed by atoms with Gasteiger partial charge in [-0.25, -0.2) is 0 Å². The molecule has 1 saturated carbocycles. The normalized spacial score (nSPS) is 22.6. The highest BCUT2D eigenvalue weighted by molar-refractivity contribution is 5.89. The summed E-state index contributed by atoms with van der Waals surface area (Å²) in [7, 11) is 0. The Bertz CT molecular complexity index is 839. The molecule has 0 bridgehead atoms. The maximum atomic E-state index is 14.1. The number of halogens is 3. The highest BCUT2D eigenvalue weighted by Gasteiger charge is 2.37. The fourth-order valence-electron chi connectivity index (χ4n) is 4.38. The van der Waals surface area contributed by atoms with Gasteiger partial charge in [0.25, 0.3) is 0 Å². The molecule has 4 rings (SSSR count). The van der Waals surface area contributed by atoms with Crippen LogP contribution in [0.5, 0.6) is 5.75 Å². The maximum absolute atomic E-state index is 14.1. The van der Waals surface area contributed by atoms with Gasteiger partial charge in [0.2, 0.25) is 0 Å². The van der Waals surface area contributed by atoms with Gasteiger partial charge in [0.05, 0.1) is 19.3 Å². The number of nitrogens with zero attached hydrogens (tertiary/aromatic N) is 1. The van der Waals surface area contributed by atoms with Gasteiger partial charge >= 0.3 is 6.18 Å². The smallest absolute Gasteiger partial charge is 0.420 e. The Balaban J connectivity index is 0.00000132. The van der Waals surface area contributed by atoms with Gasteiger partial charge in [-0.3, -0.25) is 4.90 Å². The third kappa shape index (κ3) is 6.13. The molecule has 0 aromatic heterocycles. The van der Waals surface area contributed by atoms with E-state index in [1.54, 1.807) is 18.2 Å². The molecule has 1 saturated heterocycles. The predicted octanol–water partition coefficient (Wildman–Crippen LogP) is 6.67. The van der Waals surface area contributed by atoms with Crippen molar-refractivity contribution >= 4 is 10.8 Å². The number of hydrogen-bond donors (Lipinski definition) is 0. The average molecular weight is 438 g/mol. The molecule has 0 atom stereocenters. The molecule has 3 nitrogen and oxygen atoms in total. The number of alkyl halides is 3. The van der Waals surface area contributed by atoms with Crippen LogP contribution < -0.4 is 4.74 Å². The Kier molecular flexibility index (Phi) is 8.23. The van der Waals surface area contributed by atoms with E-state index in [-0.39, 0.29) is 17.2 Å². The molecule has 1 heterocycles. The minimum absolute atomic E-state index is 0.0342. The van der Waals surface area contributed by atoms with E-state index in [2.05, 4.69) is 11.8 Å². The Labute approximate surface area is 183 Å². The van der Waals surface area contributed by atoms with Crippen LogP contribution >= 0.6 is 0 Å². The van der Waals surface area contributed by atoms with Crippen molar-refractivity contribution in [1.29, 1.82) is 0 Å². The van der Waals surface area contributed by atoms with Crippen molar-refractivity contribution in [2.24, 2.45) is 5.92 Å². The molecule has 0 unspecified atom stereocenters. The highest BCUT2D eigenvalue weighted by Crippen LogP contribution is 2.43. The zero-order valence-corrected chi connectivity index (χ0v) is 18.8. The zero-order chi connectivity index (χ0) is 22.4. The van der Waals surface area contributed by atoms with E-state index in [9.17, 15) is 13.2 Å². The van der Waals surface area contributed by atoms with Crippen LogP contribution in [0.1, 0.15) is 57.6 Å². The first kappa shape index (κ1) is 23.9. The number of morpholine rings is 1. The molecule has 2 aromatic carbocycles. The van der Waals surface area contributed by atoms with Gasteiger partial charge in [0, 0.05) is 19.6 Å². The van der Waals surface area contributed by atoms with Crippen molar-refractivity contribution in [3.05, 3.63) is 41.5 Å². The first-order valence-electron chi connectivity index (χ1n) is 11.5.